The van der Waals surface area contributed by atoms with Crippen LogP contribution in [0.25, 0.3) is 0 Å². The third kappa shape index (κ3) is 5.08. The van der Waals surface area contributed by atoms with E-state index in [0.29, 0.717) is 0 Å². The Bertz CT molecular complexity index is 735. The second-order valence-corrected chi connectivity index (χ2v) is 7.93. The molecule has 0 bridgehead atoms. The van der Waals surface area contributed by atoms with Crippen molar-refractivity contribution in [1.29, 1.82) is 0 Å². The Morgan fingerprint density at radius 3 is 2.77 bits per heavy atom. The van der Waals surface area contributed by atoms with Crippen LogP contribution >= 0.6 is 11.8 Å². The number of nitrogens with zero attached hydrogens (tertiary/aromatic N) is 1. The van der Waals surface area contributed by atoms with Gasteiger partial charge >= 0.3 is 0 Å². The minimum atomic E-state index is -0.215. The Hall–Kier alpha value is -1.85. The average molecular weight is 373 g/mol. The number of piperidine rings is 1. The van der Waals surface area contributed by atoms with Crippen molar-refractivity contribution in [2.75, 3.05) is 24.2 Å². The molecule has 0 aromatic heterocycles. The summed E-state index contributed by atoms with van der Waals surface area (Å²) in [6.45, 7) is 4.58. The molecule has 3 nitrogen and oxygen atoms in total. The number of anilines is 1. The zero-order valence-corrected chi connectivity index (χ0v) is 15.9. The van der Waals surface area contributed by atoms with E-state index in [1.165, 1.54) is 12.1 Å². The molecule has 0 saturated carbocycles. The zero-order chi connectivity index (χ0) is 18.4. The van der Waals surface area contributed by atoms with Crippen molar-refractivity contribution in [2.45, 2.75) is 31.2 Å². The third-order valence-corrected chi connectivity index (χ3v) is 5.60. The summed E-state index contributed by atoms with van der Waals surface area (Å²) in [6, 6.07) is 14.6. The molecule has 1 heterocycles. The maximum atomic E-state index is 13.1. The highest BCUT2D eigenvalue weighted by atomic mass is 32.2. The van der Waals surface area contributed by atoms with Gasteiger partial charge in [-0.3, -0.25) is 9.69 Å². The number of thioether (sulfide) groups is 1. The number of carbonyl (C=O) groups excluding carboxylic acids is 1. The van der Waals surface area contributed by atoms with Gasteiger partial charge in [0.2, 0.25) is 5.91 Å². The van der Waals surface area contributed by atoms with Crippen LogP contribution in [0.15, 0.2) is 53.4 Å². The van der Waals surface area contributed by atoms with Crippen LogP contribution in [0.5, 0.6) is 0 Å². The molecule has 0 unspecified atom stereocenters. The van der Waals surface area contributed by atoms with Crippen LogP contribution in [0.4, 0.5) is 10.1 Å². The number of rotatable bonds is 6. The molecular formula is C21H25FN2OS. The Morgan fingerprint density at radius 2 is 2.00 bits per heavy atom. The first-order valence-corrected chi connectivity index (χ1v) is 10.1. The van der Waals surface area contributed by atoms with Gasteiger partial charge in [-0.05, 0) is 55.0 Å². The smallest absolute Gasteiger partial charge is 0.228 e. The number of hydrogen-bond acceptors (Lipinski definition) is 3. The lowest BCUT2D eigenvalue weighted by atomic mass is 9.96. The minimum Gasteiger partial charge on any atom is -0.325 e. The van der Waals surface area contributed by atoms with Gasteiger partial charge in [0.25, 0.3) is 0 Å². The Kier molecular flexibility index (Phi) is 6.69. The number of benzene rings is 2. The van der Waals surface area contributed by atoms with E-state index in [2.05, 4.69) is 17.1 Å². The molecule has 0 spiro atoms. The number of likely N-dealkylation sites (tertiary alicyclic amines) is 1. The number of halogens is 1. The molecule has 1 saturated heterocycles. The van der Waals surface area contributed by atoms with Crippen LogP contribution in [-0.2, 0) is 11.3 Å². The molecule has 2 aromatic carbocycles. The molecule has 1 aliphatic rings. The minimum absolute atomic E-state index is 0.0103. The van der Waals surface area contributed by atoms with E-state index in [1.807, 2.05) is 36.4 Å². The van der Waals surface area contributed by atoms with E-state index in [1.54, 1.807) is 11.8 Å². The molecule has 1 N–H and O–H groups in total. The second kappa shape index (κ2) is 9.19. The van der Waals surface area contributed by atoms with Crippen molar-refractivity contribution < 1.29 is 9.18 Å². The lowest BCUT2D eigenvalue weighted by Gasteiger charge is -2.32. The molecule has 0 radical (unpaired) electrons. The van der Waals surface area contributed by atoms with Gasteiger partial charge < -0.3 is 5.32 Å². The zero-order valence-electron chi connectivity index (χ0n) is 15.1. The molecule has 1 aliphatic heterocycles. The highest BCUT2D eigenvalue weighted by Gasteiger charge is 2.26. The topological polar surface area (TPSA) is 32.3 Å². The first kappa shape index (κ1) is 18.9. The van der Waals surface area contributed by atoms with Crippen LogP contribution in [0.2, 0.25) is 0 Å². The maximum absolute atomic E-state index is 13.1. The SMILES string of the molecule is CCSc1ccccc1NC(=O)[C@@H]1CCCN(Cc2ccc(F)cc2)C1. The number of para-hydroxylation sites is 1. The van der Waals surface area contributed by atoms with Crippen molar-refractivity contribution in [3.8, 4) is 0 Å². The quantitative estimate of drug-likeness (QED) is 0.740. The highest BCUT2D eigenvalue weighted by molar-refractivity contribution is 7.99. The first-order chi connectivity index (χ1) is 12.7. The van der Waals surface area contributed by atoms with Crippen LogP contribution < -0.4 is 5.32 Å². The van der Waals surface area contributed by atoms with Crippen molar-refractivity contribution in [2.24, 2.45) is 5.92 Å². The van der Waals surface area contributed by atoms with E-state index in [4.69, 9.17) is 0 Å². The summed E-state index contributed by atoms with van der Waals surface area (Å²) in [7, 11) is 0. The number of amides is 1. The lowest BCUT2D eigenvalue weighted by molar-refractivity contribution is -0.121. The number of carbonyl (C=O) groups is 1. The monoisotopic (exact) mass is 372 g/mol. The predicted octanol–water partition coefficient (Wildman–Crippen LogP) is 4.79. The first-order valence-electron chi connectivity index (χ1n) is 9.15. The van der Waals surface area contributed by atoms with Crippen LogP contribution in [-0.4, -0.2) is 29.6 Å². The van der Waals surface area contributed by atoms with Crippen LogP contribution in [0, 0.1) is 11.7 Å². The molecule has 2 aromatic rings. The van der Waals surface area contributed by atoms with E-state index < -0.39 is 0 Å². The molecule has 138 valence electrons. The van der Waals surface area contributed by atoms with Crippen molar-refractivity contribution in [3.05, 3.63) is 59.9 Å². The van der Waals surface area contributed by atoms with E-state index in [9.17, 15) is 9.18 Å². The second-order valence-electron chi connectivity index (χ2n) is 6.62. The number of nitrogens with one attached hydrogen (secondary N) is 1. The summed E-state index contributed by atoms with van der Waals surface area (Å²) >= 11 is 1.74. The summed E-state index contributed by atoms with van der Waals surface area (Å²) < 4.78 is 13.1. The average Bonchev–Trinajstić information content (AvgIpc) is 2.66. The van der Waals surface area contributed by atoms with Gasteiger partial charge in [0, 0.05) is 18.0 Å². The predicted molar refractivity (Wildman–Crippen MR) is 106 cm³/mol. The molecule has 3 rings (SSSR count). The Labute approximate surface area is 159 Å². The molecule has 1 amide bonds. The standard InChI is InChI=1S/C21H25FN2OS/c1-2-26-20-8-4-3-7-19(20)23-21(25)17-6-5-13-24(15-17)14-16-9-11-18(22)12-10-16/h3-4,7-12,17H,2,5-6,13-15H2,1H3,(H,23,25)/t17-/m1/s1. The van der Waals surface area contributed by atoms with Crippen LogP contribution in [0.3, 0.4) is 0 Å². The van der Waals surface area contributed by atoms with Crippen molar-refractivity contribution >= 4 is 23.4 Å². The van der Waals surface area contributed by atoms with Gasteiger partial charge in [0.1, 0.15) is 5.82 Å². The van der Waals surface area contributed by atoms with Gasteiger partial charge in [-0.25, -0.2) is 4.39 Å². The van der Waals surface area contributed by atoms with E-state index in [-0.39, 0.29) is 17.6 Å². The molecule has 26 heavy (non-hydrogen) atoms. The summed E-state index contributed by atoms with van der Waals surface area (Å²) in [5.41, 5.74) is 1.98. The maximum Gasteiger partial charge on any atom is 0.228 e. The summed E-state index contributed by atoms with van der Waals surface area (Å²) in [5, 5.41) is 3.12. The van der Waals surface area contributed by atoms with Gasteiger partial charge in [-0.15, -0.1) is 11.8 Å². The number of hydrogen-bond donors (Lipinski definition) is 1. The fourth-order valence-corrected chi connectivity index (χ4v) is 4.11. The van der Waals surface area contributed by atoms with E-state index in [0.717, 1.165) is 54.4 Å². The van der Waals surface area contributed by atoms with Gasteiger partial charge in [0.05, 0.1) is 11.6 Å². The Morgan fingerprint density at radius 1 is 1.23 bits per heavy atom. The molecule has 5 heteroatoms. The Balaban J connectivity index is 1.60. The highest BCUT2D eigenvalue weighted by Crippen LogP contribution is 2.28. The molecular weight excluding hydrogens is 347 g/mol. The van der Waals surface area contributed by atoms with Gasteiger partial charge in [0.15, 0.2) is 0 Å². The van der Waals surface area contributed by atoms with Crippen molar-refractivity contribution in [1.82, 2.24) is 4.90 Å². The summed E-state index contributed by atoms with van der Waals surface area (Å²) in [6.07, 6.45) is 1.92. The van der Waals surface area contributed by atoms with Crippen molar-refractivity contribution in [3.63, 3.8) is 0 Å². The third-order valence-electron chi connectivity index (χ3n) is 4.64. The molecule has 0 aliphatic carbocycles. The normalized spacial score (nSPS) is 17.8. The summed E-state index contributed by atoms with van der Waals surface area (Å²) in [5.74, 6) is 0.844. The fourth-order valence-electron chi connectivity index (χ4n) is 3.35. The largest absolute Gasteiger partial charge is 0.325 e. The lowest BCUT2D eigenvalue weighted by Crippen LogP contribution is -2.40. The van der Waals surface area contributed by atoms with Gasteiger partial charge in [-0.2, -0.15) is 0 Å². The van der Waals surface area contributed by atoms with E-state index >= 15 is 0 Å². The fraction of sp³-hybridized carbons (Fsp3) is 0.381. The van der Waals surface area contributed by atoms with Crippen LogP contribution in [0.1, 0.15) is 25.3 Å². The molecule has 1 atom stereocenters. The van der Waals surface area contributed by atoms with Gasteiger partial charge in [-0.1, -0.05) is 31.2 Å². The molecule has 1 fully saturated rings. The summed E-state index contributed by atoms with van der Waals surface area (Å²) in [4.78, 5) is 16.2.